The molecule has 0 saturated heterocycles. The van der Waals surface area contributed by atoms with Gasteiger partial charge in [0.1, 0.15) is 0 Å². The molecule has 0 spiro atoms. The minimum absolute atomic E-state index is 0. The first kappa shape index (κ1) is 42.4. The molecule has 0 aliphatic heterocycles. The molecule has 278 valence electrons. The molecule has 1 atom stereocenters. The Labute approximate surface area is 330 Å². The summed E-state index contributed by atoms with van der Waals surface area (Å²) in [6.45, 7) is 28.3. The Morgan fingerprint density at radius 1 is 0.673 bits per heavy atom. The molecule has 2 aliphatic carbocycles. The molecule has 0 fully saturated rings. The fourth-order valence-corrected chi connectivity index (χ4v) is 26.6. The van der Waals surface area contributed by atoms with Crippen LogP contribution in [0.4, 0.5) is 0 Å². The molecular weight excluding hydrogens is 751 g/mol. The van der Waals surface area contributed by atoms with Crippen LogP contribution in [-0.4, -0.2) is 4.21 Å². The molecule has 0 heterocycles. The van der Waals surface area contributed by atoms with Gasteiger partial charge in [0, 0.05) is 0 Å². The van der Waals surface area contributed by atoms with Crippen molar-refractivity contribution in [2.75, 3.05) is 0 Å². The molecule has 0 N–H and O–H groups in total. The average molecular weight is 815 g/mol. The van der Waals surface area contributed by atoms with E-state index in [1.807, 2.05) is 0 Å². The van der Waals surface area contributed by atoms with E-state index in [9.17, 15) is 0 Å². The van der Waals surface area contributed by atoms with Crippen LogP contribution in [0.2, 0.25) is 0 Å². The van der Waals surface area contributed by atoms with Gasteiger partial charge in [-0.05, 0) is 0 Å². The zero-order valence-corrected chi connectivity index (χ0v) is 38.2. The third kappa shape index (κ3) is 7.02. The van der Waals surface area contributed by atoms with Crippen LogP contribution in [0.1, 0.15) is 122 Å². The van der Waals surface area contributed by atoms with Crippen LogP contribution in [0.3, 0.4) is 0 Å². The van der Waals surface area contributed by atoms with Crippen molar-refractivity contribution in [2.24, 2.45) is 11.3 Å². The van der Waals surface area contributed by atoms with E-state index in [1.54, 1.807) is 6.55 Å². The van der Waals surface area contributed by atoms with Gasteiger partial charge in [0.2, 0.25) is 0 Å². The summed E-state index contributed by atoms with van der Waals surface area (Å²) >= 11 is -5.11. The van der Waals surface area contributed by atoms with Gasteiger partial charge >= 0.3 is 308 Å². The number of benzene rings is 4. The molecule has 1 unspecified atom stereocenters. The van der Waals surface area contributed by atoms with Crippen molar-refractivity contribution >= 4 is 38.8 Å². The van der Waals surface area contributed by atoms with Crippen molar-refractivity contribution in [1.29, 1.82) is 0 Å². The van der Waals surface area contributed by atoms with E-state index in [1.165, 1.54) is 69.5 Å². The Kier molecular flexibility index (Phi) is 12.0. The molecule has 2 aliphatic rings. The summed E-state index contributed by atoms with van der Waals surface area (Å²) < 4.78 is 12.1. The summed E-state index contributed by atoms with van der Waals surface area (Å²) in [7, 11) is 0. The summed E-state index contributed by atoms with van der Waals surface area (Å²) in [4.78, 5) is 0. The first-order valence-corrected chi connectivity index (χ1v) is 25.9. The number of hydrogen-bond donors (Lipinski definition) is 0. The van der Waals surface area contributed by atoms with Crippen LogP contribution in [0.15, 0.2) is 99.9 Å². The van der Waals surface area contributed by atoms with Gasteiger partial charge in [0.15, 0.2) is 0 Å². The fraction of sp³-hybridized carbons (Fsp3) is 0.408. The molecule has 3 heteroatoms. The Morgan fingerprint density at radius 2 is 1.21 bits per heavy atom. The summed E-state index contributed by atoms with van der Waals surface area (Å²) in [5.74, 6) is 0.356. The van der Waals surface area contributed by atoms with Crippen molar-refractivity contribution in [3.63, 3.8) is 0 Å². The first-order valence-electron chi connectivity index (χ1n) is 19.2. The molecule has 0 bridgehead atoms. The molecule has 6 rings (SSSR count). The van der Waals surface area contributed by atoms with Crippen LogP contribution in [-0.2, 0) is 35.5 Å². The van der Waals surface area contributed by atoms with Crippen molar-refractivity contribution in [3.05, 3.63) is 133 Å². The molecule has 52 heavy (non-hydrogen) atoms. The number of hydrogen-bond acceptors (Lipinski definition) is 0. The Bertz CT molecular complexity index is 2020. The third-order valence-electron chi connectivity index (χ3n) is 12.1. The van der Waals surface area contributed by atoms with E-state index in [2.05, 4.69) is 174 Å². The molecule has 0 aromatic heterocycles. The monoisotopic (exact) mass is 812 g/mol. The summed E-state index contributed by atoms with van der Waals surface area (Å²) in [6, 6.07) is 31.7. The molecule has 4 aromatic rings. The van der Waals surface area contributed by atoms with Crippen LogP contribution >= 0.6 is 24.8 Å². The number of unbranched alkanes of at least 4 members (excludes halogenated alkanes) is 1. The van der Waals surface area contributed by atoms with Crippen molar-refractivity contribution < 1.29 is 18.3 Å². The van der Waals surface area contributed by atoms with Crippen LogP contribution in [0.5, 0.6) is 0 Å². The summed E-state index contributed by atoms with van der Waals surface area (Å²) in [5.41, 5.74) is 12.8. The summed E-state index contributed by atoms with van der Waals surface area (Å²) in [5, 5.41) is 0. The normalized spacial score (nSPS) is 16.0. The van der Waals surface area contributed by atoms with E-state index >= 15 is 0 Å². The third-order valence-corrected chi connectivity index (χ3v) is 28.6. The zero-order chi connectivity index (χ0) is 36.5. The van der Waals surface area contributed by atoms with Gasteiger partial charge in [-0.3, -0.25) is 0 Å². The molecular formula is C49H64Cl2Zr. The number of halogens is 2. The van der Waals surface area contributed by atoms with Crippen LogP contribution in [0.25, 0.3) is 11.1 Å². The van der Waals surface area contributed by atoms with Gasteiger partial charge < -0.3 is 0 Å². The van der Waals surface area contributed by atoms with Gasteiger partial charge in [0.05, 0.1) is 0 Å². The second kappa shape index (κ2) is 14.7. The molecule has 0 amide bonds. The van der Waals surface area contributed by atoms with Gasteiger partial charge in [-0.25, -0.2) is 0 Å². The number of fused-ring (bicyclic) bond motifs is 3. The van der Waals surface area contributed by atoms with Crippen LogP contribution in [0, 0.1) is 25.2 Å². The van der Waals surface area contributed by atoms with Gasteiger partial charge in [0.25, 0.3) is 0 Å². The molecule has 4 aromatic carbocycles. The number of rotatable bonds is 7. The van der Waals surface area contributed by atoms with E-state index < -0.39 is 18.3 Å². The first-order chi connectivity index (χ1) is 23.3. The Morgan fingerprint density at radius 3 is 1.69 bits per heavy atom. The van der Waals surface area contributed by atoms with Crippen molar-refractivity contribution in [1.82, 2.24) is 0 Å². The predicted octanol–water partition coefficient (Wildman–Crippen LogP) is 12.4. The number of allylic oxidation sites excluding steroid dienone is 4. The standard InChI is InChI=1S/C21H25.C13H21.2C7H7.CH2.2ClH.Zr/c1-20(2,3)16-7-9-18-14(12-16)11-15-13-17(21(4,5)6)8-10-19(15)18;1-5-6-7-11-8-9-12(10-11)13(2,3)4;2*1-7-5-3-2-4-6-7;;;;/h7-10,12H,11H2,1-6H3;9-11H,5-7H2,1-4H3;2*3-6H,1H3;1H2;2*1H;. The summed E-state index contributed by atoms with van der Waals surface area (Å²) in [6.07, 6.45) is 9.87. The van der Waals surface area contributed by atoms with E-state index in [0.717, 1.165) is 12.8 Å². The van der Waals surface area contributed by atoms with E-state index in [0.29, 0.717) is 5.92 Å². The maximum atomic E-state index is 6.01. The molecule has 0 radical (unpaired) electrons. The maximum absolute atomic E-state index is 6.01. The quantitative estimate of drug-likeness (QED) is 0.154. The SMILES string of the molecule is Cl.Cl.[CH2]=[Zr]([C]1=CC(C(C)(C)C)=CC1CCCC)([c]1ccc(C)cc1)([c]1ccc(C)cc1)[c]1c(C(C)(C)C)ccc2c1Cc1cc(C(C)(C)C)ccc1-2. The topological polar surface area (TPSA) is 0 Å². The average Bonchev–Trinajstić information content (AvgIpc) is 3.65. The molecule has 0 saturated carbocycles. The second-order valence-electron chi connectivity index (χ2n) is 19.0. The van der Waals surface area contributed by atoms with Crippen molar-refractivity contribution in [2.45, 2.75) is 120 Å². The van der Waals surface area contributed by atoms with E-state index in [-0.39, 0.29) is 41.1 Å². The minimum atomic E-state index is -5.11. The zero-order valence-electron chi connectivity index (χ0n) is 34.1. The van der Waals surface area contributed by atoms with E-state index in [4.69, 9.17) is 4.21 Å². The predicted molar refractivity (Wildman–Crippen MR) is 234 cm³/mol. The van der Waals surface area contributed by atoms with Crippen molar-refractivity contribution in [3.8, 4) is 11.1 Å². The number of aryl methyl sites for hydroxylation is 2. The van der Waals surface area contributed by atoms with Gasteiger partial charge in [-0.15, -0.1) is 24.8 Å². The Balaban J connectivity index is 0.00000302. The van der Waals surface area contributed by atoms with Crippen LogP contribution < -0.4 is 9.81 Å². The van der Waals surface area contributed by atoms with Gasteiger partial charge in [-0.2, -0.15) is 0 Å². The fourth-order valence-electron chi connectivity index (χ4n) is 9.10. The van der Waals surface area contributed by atoms with Gasteiger partial charge in [-0.1, -0.05) is 0 Å². The second-order valence-corrected chi connectivity index (χ2v) is 31.6. The Hall–Kier alpha value is -2.31. The molecule has 0 nitrogen and oxygen atoms in total.